The molecule has 7 aromatic rings. The molecule has 3 N–H and O–H groups in total. The molecule has 0 amide bonds. The minimum atomic E-state index is -0.606. The molecule has 0 bridgehead atoms. The molecular formula is C50H40O12. The van der Waals surface area contributed by atoms with Gasteiger partial charge in [0.05, 0.1) is 11.1 Å². The fourth-order valence-corrected chi connectivity index (χ4v) is 4.47. The maximum atomic E-state index is 11.9. The molecule has 0 atom stereocenters. The molecule has 0 unspecified atom stereocenters. The van der Waals surface area contributed by atoms with Gasteiger partial charge in [-0.25, -0.2) is 9.59 Å². The van der Waals surface area contributed by atoms with E-state index in [9.17, 15) is 33.6 Å². The summed E-state index contributed by atoms with van der Waals surface area (Å²) in [7, 11) is 0. The van der Waals surface area contributed by atoms with Crippen molar-refractivity contribution < 1.29 is 34.4 Å². The van der Waals surface area contributed by atoms with Gasteiger partial charge in [-0.3, -0.25) is 24.0 Å². The average molecular weight is 833 g/mol. The van der Waals surface area contributed by atoms with E-state index >= 15 is 0 Å². The van der Waals surface area contributed by atoms with Crippen LogP contribution < -0.4 is 36.6 Å². The van der Waals surface area contributed by atoms with Crippen molar-refractivity contribution >= 4 is 11.9 Å². The Labute approximate surface area is 355 Å². The summed E-state index contributed by atoms with van der Waals surface area (Å²) in [5, 5.41) is 26.4. The molecule has 0 heterocycles. The molecule has 0 aliphatic rings. The van der Waals surface area contributed by atoms with Gasteiger partial charge in [-0.2, -0.15) is 0 Å². The Kier molecular flexibility index (Phi) is 20.2. The van der Waals surface area contributed by atoms with Gasteiger partial charge < -0.3 is 24.8 Å². The molecule has 0 fully saturated rings. The van der Waals surface area contributed by atoms with Gasteiger partial charge in [0.1, 0.15) is 0 Å². The van der Waals surface area contributed by atoms with Gasteiger partial charge in [0.25, 0.3) is 0 Å². The van der Waals surface area contributed by atoms with E-state index in [0.29, 0.717) is 11.1 Å². The van der Waals surface area contributed by atoms with Crippen LogP contribution in [0.25, 0.3) is 0 Å². The molecule has 312 valence electrons. The SMILES string of the molecule is Cc1ccccc1C(=O)Oc1cccccc1=O.O=C(Oc1cccccc1=O)c1ccccc1.O=c1ccccc(O)c1O.O=c1cccccc1.O=c1cccccc1O. The van der Waals surface area contributed by atoms with Gasteiger partial charge in [0.2, 0.25) is 27.5 Å². The van der Waals surface area contributed by atoms with Gasteiger partial charge in [-0.05, 0) is 91.3 Å². The number of benzene rings is 2. The number of hydrogen-bond acceptors (Lipinski definition) is 12. The van der Waals surface area contributed by atoms with Crippen LogP contribution in [0.2, 0.25) is 0 Å². The Bertz CT molecular complexity index is 2830. The number of hydrogen-bond donors (Lipinski definition) is 3. The summed E-state index contributed by atoms with van der Waals surface area (Å²) in [6, 6.07) is 54.2. The van der Waals surface area contributed by atoms with Crippen LogP contribution in [0.3, 0.4) is 0 Å². The van der Waals surface area contributed by atoms with Crippen LogP contribution >= 0.6 is 0 Å². The minimum Gasteiger partial charge on any atom is -0.504 e. The Balaban J connectivity index is 0.000000215. The first-order valence-electron chi connectivity index (χ1n) is 18.5. The van der Waals surface area contributed by atoms with Crippen LogP contribution in [0.1, 0.15) is 26.3 Å². The molecule has 0 aliphatic carbocycles. The molecule has 0 aliphatic heterocycles. The molecule has 0 saturated heterocycles. The van der Waals surface area contributed by atoms with Gasteiger partial charge >= 0.3 is 11.9 Å². The molecule has 62 heavy (non-hydrogen) atoms. The monoisotopic (exact) mass is 832 g/mol. The average Bonchev–Trinajstić information content (AvgIpc) is 3.84. The zero-order valence-electron chi connectivity index (χ0n) is 33.1. The van der Waals surface area contributed by atoms with Crippen LogP contribution in [0.15, 0.2) is 230 Å². The Morgan fingerprint density at radius 1 is 0.371 bits per heavy atom. The summed E-state index contributed by atoms with van der Waals surface area (Å²) in [6.07, 6.45) is 0. The normalized spacial score (nSPS) is 9.37. The number of esters is 2. The van der Waals surface area contributed by atoms with E-state index in [2.05, 4.69) is 0 Å². The molecule has 0 radical (unpaired) electrons. The van der Waals surface area contributed by atoms with Crippen LogP contribution in [-0.2, 0) is 0 Å². The molecule has 7 rings (SSSR count). The second kappa shape index (κ2) is 26.3. The van der Waals surface area contributed by atoms with Crippen molar-refractivity contribution in [1.82, 2.24) is 0 Å². The zero-order chi connectivity index (χ0) is 45.1. The summed E-state index contributed by atoms with van der Waals surface area (Å²) in [4.78, 5) is 78.4. The number of rotatable bonds is 4. The Morgan fingerprint density at radius 3 is 1.31 bits per heavy atom. The molecule has 0 saturated carbocycles. The lowest BCUT2D eigenvalue weighted by Gasteiger charge is -2.04. The van der Waals surface area contributed by atoms with Gasteiger partial charge in [0.15, 0.2) is 28.4 Å². The summed E-state index contributed by atoms with van der Waals surface area (Å²) in [5.41, 5.74) is 0.177. The van der Waals surface area contributed by atoms with E-state index in [1.54, 1.807) is 109 Å². The van der Waals surface area contributed by atoms with E-state index in [4.69, 9.17) is 24.8 Å². The maximum Gasteiger partial charge on any atom is 0.343 e. The van der Waals surface area contributed by atoms with Gasteiger partial charge in [-0.15, -0.1) is 0 Å². The predicted octanol–water partition coefficient (Wildman–Crippen LogP) is 7.10. The highest BCUT2D eigenvalue weighted by Gasteiger charge is 2.12. The minimum absolute atomic E-state index is 0.0313. The number of carbonyl (C=O) groups is 2. The van der Waals surface area contributed by atoms with Crippen molar-refractivity contribution in [2.24, 2.45) is 0 Å². The topological polar surface area (TPSA) is 199 Å². The Hall–Kier alpha value is -8.77. The predicted molar refractivity (Wildman–Crippen MR) is 236 cm³/mol. The summed E-state index contributed by atoms with van der Waals surface area (Å²) < 4.78 is 10.2. The van der Waals surface area contributed by atoms with Crippen molar-refractivity contribution in [3.05, 3.63) is 274 Å². The molecular weight excluding hydrogens is 793 g/mol. The highest BCUT2D eigenvalue weighted by molar-refractivity contribution is 5.92. The lowest BCUT2D eigenvalue weighted by Crippen LogP contribution is -2.14. The van der Waals surface area contributed by atoms with E-state index in [1.165, 1.54) is 72.8 Å². The third-order valence-corrected chi connectivity index (χ3v) is 7.62. The molecule has 12 heteroatoms. The summed E-state index contributed by atoms with van der Waals surface area (Å²) in [6.45, 7) is 1.82. The van der Waals surface area contributed by atoms with E-state index in [1.807, 2.05) is 31.2 Å². The lowest BCUT2D eigenvalue weighted by atomic mass is 10.1. The number of aryl methyl sites for hydroxylation is 1. The van der Waals surface area contributed by atoms with Crippen LogP contribution in [-0.4, -0.2) is 27.3 Å². The third-order valence-electron chi connectivity index (χ3n) is 7.62. The number of aromatic hydroxyl groups is 3. The second-order valence-electron chi connectivity index (χ2n) is 12.2. The fourth-order valence-electron chi connectivity index (χ4n) is 4.47. The molecule has 0 aromatic heterocycles. The molecule has 12 nitrogen and oxygen atoms in total. The number of ether oxygens (including phenoxy) is 2. The standard InChI is InChI=1S/C15H12O3.C14H10O3.C7H6O3.C7H6O2.C7H6O/c1-11-7-5-6-8-12(11)15(17)18-14-10-4-2-3-9-13(14)16;15-12-9-5-2-6-10-13(12)17-14(16)11-7-3-1-4-8-11;8-5-3-1-2-4-6(9)7(5)10;8-6-4-2-1-3-5-7(6)9;8-7-5-3-1-2-4-6-7/h2-10H,1H3;1-10H;1-4H,(H2,8,9,10);1-5H,(H,8,9);1-6H. The lowest BCUT2D eigenvalue weighted by molar-refractivity contribution is 0.0723. The van der Waals surface area contributed by atoms with E-state index in [0.717, 1.165) is 5.56 Å². The first kappa shape index (κ1) is 47.6. The Morgan fingerprint density at radius 2 is 0.742 bits per heavy atom. The molecule has 0 spiro atoms. The quantitative estimate of drug-likeness (QED) is 0.152. The van der Waals surface area contributed by atoms with Crippen LogP contribution in [0.5, 0.6) is 28.7 Å². The number of carbonyl (C=O) groups excluding carboxylic acids is 2. The van der Waals surface area contributed by atoms with Crippen molar-refractivity contribution in [3.8, 4) is 28.7 Å². The largest absolute Gasteiger partial charge is 0.504 e. The van der Waals surface area contributed by atoms with Crippen molar-refractivity contribution in [2.75, 3.05) is 0 Å². The van der Waals surface area contributed by atoms with E-state index in [-0.39, 0.29) is 39.0 Å². The smallest absolute Gasteiger partial charge is 0.343 e. The first-order chi connectivity index (χ1) is 29.9. The van der Waals surface area contributed by atoms with Gasteiger partial charge in [-0.1, -0.05) is 127 Å². The van der Waals surface area contributed by atoms with Crippen molar-refractivity contribution in [1.29, 1.82) is 0 Å². The van der Waals surface area contributed by atoms with Crippen LogP contribution in [0.4, 0.5) is 0 Å². The first-order valence-corrected chi connectivity index (χ1v) is 18.5. The maximum absolute atomic E-state index is 11.9. The highest BCUT2D eigenvalue weighted by atomic mass is 16.5. The van der Waals surface area contributed by atoms with Crippen molar-refractivity contribution in [3.63, 3.8) is 0 Å². The molecule has 7 aromatic carbocycles. The van der Waals surface area contributed by atoms with Crippen LogP contribution in [0, 0.1) is 6.92 Å². The summed E-state index contributed by atoms with van der Waals surface area (Å²) in [5.74, 6) is -2.19. The summed E-state index contributed by atoms with van der Waals surface area (Å²) >= 11 is 0. The van der Waals surface area contributed by atoms with E-state index < -0.39 is 28.9 Å². The zero-order valence-corrected chi connectivity index (χ0v) is 33.1. The highest BCUT2D eigenvalue weighted by Crippen LogP contribution is 2.16. The van der Waals surface area contributed by atoms with Gasteiger partial charge in [0, 0.05) is 0 Å². The fraction of sp³-hybridized carbons (Fsp3) is 0.0200. The van der Waals surface area contributed by atoms with Crippen molar-refractivity contribution in [2.45, 2.75) is 6.92 Å². The third kappa shape index (κ3) is 17.4. The second-order valence-corrected chi connectivity index (χ2v) is 12.2.